The number of rotatable bonds is 7. The van der Waals surface area contributed by atoms with E-state index < -0.39 is 4.92 Å². The minimum atomic E-state index is -0.444. The molecule has 9 heteroatoms. The average molecular weight is 420 g/mol. The van der Waals surface area contributed by atoms with Crippen molar-refractivity contribution in [2.45, 2.75) is 11.4 Å². The highest BCUT2D eigenvalue weighted by molar-refractivity contribution is 8.00. The molecule has 1 fully saturated rings. The number of piperazine rings is 1. The summed E-state index contributed by atoms with van der Waals surface area (Å²) in [5.74, 6) is 0.745. The molecule has 1 amide bonds. The number of carbonyl (C=O) groups is 1. The van der Waals surface area contributed by atoms with E-state index in [-0.39, 0.29) is 17.4 Å². The number of benzene rings is 2. The monoisotopic (exact) mass is 420 g/mol. The second-order valence-electron chi connectivity index (χ2n) is 6.80. The van der Waals surface area contributed by atoms with Gasteiger partial charge in [-0.15, -0.1) is 11.8 Å². The first kappa shape index (κ1) is 21.1. The molecular formula is C20H23FN3O4S+. The fourth-order valence-corrected chi connectivity index (χ4v) is 4.11. The Morgan fingerprint density at radius 3 is 2.55 bits per heavy atom. The third-order valence-corrected chi connectivity index (χ3v) is 5.91. The third kappa shape index (κ3) is 5.68. The maximum atomic E-state index is 13.5. The Bertz CT molecular complexity index is 871. The van der Waals surface area contributed by atoms with Crippen molar-refractivity contribution in [3.63, 3.8) is 0 Å². The Balaban J connectivity index is 1.47. The predicted octanol–water partition coefficient (Wildman–Crippen LogP) is 1.76. The van der Waals surface area contributed by atoms with Crippen LogP contribution < -0.4 is 9.64 Å². The van der Waals surface area contributed by atoms with Crippen LogP contribution in [0, 0.1) is 15.9 Å². The smallest absolute Gasteiger partial charge is 0.269 e. The molecule has 0 saturated carbocycles. The summed E-state index contributed by atoms with van der Waals surface area (Å²) in [6, 6.07) is 10.7. The molecule has 154 valence electrons. The van der Waals surface area contributed by atoms with Crippen LogP contribution in [-0.2, 0) is 11.3 Å². The number of hydrogen-bond acceptors (Lipinski definition) is 5. The van der Waals surface area contributed by atoms with Gasteiger partial charge in [-0.05, 0) is 30.3 Å². The summed E-state index contributed by atoms with van der Waals surface area (Å²) in [5.41, 5.74) is 0.866. The van der Waals surface area contributed by atoms with Crippen LogP contribution in [0.1, 0.15) is 5.56 Å². The Morgan fingerprint density at radius 1 is 1.24 bits per heavy atom. The molecule has 0 bridgehead atoms. The number of hydrogen-bond donors (Lipinski definition) is 1. The second-order valence-corrected chi connectivity index (χ2v) is 7.85. The largest absolute Gasteiger partial charge is 0.496 e. The standard InChI is InChI=1S/C20H22FN3O4S/c1-28-19-7-2-16(21)12-15(19)13-22-8-10-23(11-9-22)20(25)14-29-18-5-3-17(4-6-18)24(26)27/h2-7,12H,8-11,13-14H2,1H3/p+1. The Labute approximate surface area is 172 Å². The topological polar surface area (TPSA) is 77.1 Å². The highest BCUT2D eigenvalue weighted by Gasteiger charge is 2.24. The lowest BCUT2D eigenvalue weighted by Crippen LogP contribution is -3.13. The number of nitro groups is 1. The van der Waals surface area contributed by atoms with E-state index in [0.717, 1.165) is 23.5 Å². The predicted molar refractivity (Wildman–Crippen MR) is 108 cm³/mol. The van der Waals surface area contributed by atoms with Crippen molar-refractivity contribution in [2.75, 3.05) is 39.0 Å². The maximum Gasteiger partial charge on any atom is 0.269 e. The number of quaternary nitrogens is 1. The summed E-state index contributed by atoms with van der Waals surface area (Å²) in [6.07, 6.45) is 0. The van der Waals surface area contributed by atoms with Crippen molar-refractivity contribution in [2.24, 2.45) is 0 Å². The molecule has 0 radical (unpaired) electrons. The minimum absolute atomic E-state index is 0.0368. The number of nitro benzene ring substituents is 1. The zero-order valence-electron chi connectivity index (χ0n) is 16.1. The summed E-state index contributed by atoms with van der Waals surface area (Å²) in [7, 11) is 1.57. The Hall–Kier alpha value is -2.65. The molecule has 1 N–H and O–H groups in total. The van der Waals surface area contributed by atoms with Crippen LogP contribution in [0.2, 0.25) is 0 Å². The van der Waals surface area contributed by atoms with Crippen LogP contribution in [0.4, 0.5) is 10.1 Å². The molecule has 2 aromatic rings. The Morgan fingerprint density at radius 2 is 1.93 bits per heavy atom. The van der Waals surface area contributed by atoms with E-state index in [1.54, 1.807) is 25.3 Å². The lowest BCUT2D eigenvalue weighted by Gasteiger charge is -2.32. The summed E-state index contributed by atoms with van der Waals surface area (Å²) in [4.78, 5) is 26.7. The van der Waals surface area contributed by atoms with Gasteiger partial charge in [-0.1, -0.05) is 0 Å². The number of nitrogens with zero attached hydrogens (tertiary/aromatic N) is 2. The van der Waals surface area contributed by atoms with E-state index in [1.807, 2.05) is 4.90 Å². The second kappa shape index (κ2) is 9.71. The zero-order valence-corrected chi connectivity index (χ0v) is 16.9. The van der Waals surface area contributed by atoms with Gasteiger partial charge in [0.05, 0.1) is 49.5 Å². The van der Waals surface area contributed by atoms with Crippen LogP contribution in [0.3, 0.4) is 0 Å². The molecule has 7 nitrogen and oxygen atoms in total. The average Bonchev–Trinajstić information content (AvgIpc) is 2.73. The molecule has 0 atom stereocenters. The van der Waals surface area contributed by atoms with E-state index in [2.05, 4.69) is 0 Å². The molecule has 29 heavy (non-hydrogen) atoms. The fraction of sp³-hybridized carbons (Fsp3) is 0.350. The molecule has 1 aliphatic heterocycles. The normalized spacial score (nSPS) is 14.6. The van der Waals surface area contributed by atoms with Gasteiger partial charge in [-0.25, -0.2) is 4.39 Å². The summed E-state index contributed by atoms with van der Waals surface area (Å²) >= 11 is 1.37. The summed E-state index contributed by atoms with van der Waals surface area (Å²) in [5, 5.41) is 10.7. The molecular weight excluding hydrogens is 397 g/mol. The molecule has 1 saturated heterocycles. The molecule has 0 unspecified atom stereocenters. The number of ether oxygens (including phenoxy) is 1. The number of thioether (sulfide) groups is 1. The van der Waals surface area contributed by atoms with E-state index in [9.17, 15) is 19.3 Å². The number of non-ortho nitro benzene ring substituents is 1. The van der Waals surface area contributed by atoms with Crippen molar-refractivity contribution >= 4 is 23.4 Å². The molecule has 0 aromatic heterocycles. The van der Waals surface area contributed by atoms with Gasteiger partial charge >= 0.3 is 0 Å². The fourth-order valence-electron chi connectivity index (χ4n) is 3.30. The van der Waals surface area contributed by atoms with Crippen LogP contribution in [-0.4, -0.2) is 54.8 Å². The first-order valence-corrected chi connectivity index (χ1v) is 10.3. The van der Waals surface area contributed by atoms with Gasteiger partial charge in [0.2, 0.25) is 5.91 Å². The first-order chi connectivity index (χ1) is 14.0. The van der Waals surface area contributed by atoms with Crippen LogP contribution in [0.5, 0.6) is 5.75 Å². The van der Waals surface area contributed by atoms with E-state index in [1.165, 1.54) is 40.9 Å². The minimum Gasteiger partial charge on any atom is -0.496 e. The lowest BCUT2D eigenvalue weighted by atomic mass is 10.1. The highest BCUT2D eigenvalue weighted by Crippen LogP contribution is 2.22. The zero-order chi connectivity index (χ0) is 20.8. The maximum absolute atomic E-state index is 13.5. The number of nitrogens with one attached hydrogen (secondary N) is 1. The molecule has 1 heterocycles. The van der Waals surface area contributed by atoms with Gasteiger partial charge in [0.1, 0.15) is 18.1 Å². The molecule has 0 aliphatic carbocycles. The summed E-state index contributed by atoms with van der Waals surface area (Å²) in [6.45, 7) is 3.51. The molecule has 1 aliphatic rings. The van der Waals surface area contributed by atoms with Gasteiger partial charge in [0.15, 0.2) is 0 Å². The number of carbonyl (C=O) groups excluding carboxylic acids is 1. The molecule has 2 aromatic carbocycles. The van der Waals surface area contributed by atoms with Gasteiger partial charge in [0.25, 0.3) is 5.69 Å². The number of amides is 1. The Kier molecular flexibility index (Phi) is 7.05. The lowest BCUT2D eigenvalue weighted by molar-refractivity contribution is -0.917. The van der Waals surface area contributed by atoms with E-state index in [4.69, 9.17) is 4.74 Å². The van der Waals surface area contributed by atoms with Crippen molar-refractivity contribution in [1.29, 1.82) is 0 Å². The highest BCUT2D eigenvalue weighted by atomic mass is 32.2. The van der Waals surface area contributed by atoms with Crippen molar-refractivity contribution in [3.05, 3.63) is 64.0 Å². The molecule has 0 spiro atoms. The van der Waals surface area contributed by atoms with Crippen LogP contribution in [0.25, 0.3) is 0 Å². The number of halogens is 1. The van der Waals surface area contributed by atoms with Gasteiger partial charge in [-0.2, -0.15) is 0 Å². The number of methoxy groups -OCH3 is 1. The van der Waals surface area contributed by atoms with Crippen LogP contribution >= 0.6 is 11.8 Å². The van der Waals surface area contributed by atoms with Gasteiger partial charge in [-0.3, -0.25) is 14.9 Å². The van der Waals surface area contributed by atoms with Crippen molar-refractivity contribution < 1.29 is 23.7 Å². The van der Waals surface area contributed by atoms with Gasteiger partial charge in [0, 0.05) is 17.0 Å². The van der Waals surface area contributed by atoms with Crippen molar-refractivity contribution in [3.8, 4) is 5.75 Å². The van der Waals surface area contributed by atoms with E-state index >= 15 is 0 Å². The van der Waals surface area contributed by atoms with E-state index in [0.29, 0.717) is 31.1 Å². The van der Waals surface area contributed by atoms with Crippen molar-refractivity contribution in [1.82, 2.24) is 4.90 Å². The molecule has 3 rings (SSSR count). The SMILES string of the molecule is COc1ccc(F)cc1C[NH+]1CCN(C(=O)CSc2ccc([N+](=O)[O-])cc2)CC1. The first-order valence-electron chi connectivity index (χ1n) is 9.27. The summed E-state index contributed by atoms with van der Waals surface area (Å²) < 4.78 is 18.8. The van der Waals surface area contributed by atoms with Crippen LogP contribution in [0.15, 0.2) is 47.4 Å². The quantitative estimate of drug-likeness (QED) is 0.420. The third-order valence-electron chi connectivity index (χ3n) is 4.92. The van der Waals surface area contributed by atoms with Gasteiger partial charge < -0.3 is 14.5 Å².